The standard InChI is InChI=1S/C12H24N2/c1-11(2,3)14-8-6-12(10-14)5-4-7-13-9-12/h13H,4-10H2,1-3H3. The zero-order valence-corrected chi connectivity index (χ0v) is 9.90. The molecule has 1 N–H and O–H groups in total. The lowest BCUT2D eigenvalue weighted by molar-refractivity contribution is 0.134. The third kappa shape index (κ3) is 1.96. The Morgan fingerprint density at radius 2 is 2.00 bits per heavy atom. The minimum Gasteiger partial charge on any atom is -0.316 e. The van der Waals surface area contributed by atoms with Gasteiger partial charge in [-0.25, -0.2) is 0 Å². The molecule has 1 spiro atoms. The van der Waals surface area contributed by atoms with E-state index in [4.69, 9.17) is 0 Å². The Bertz CT molecular complexity index is 199. The Morgan fingerprint density at radius 3 is 2.50 bits per heavy atom. The molecule has 1 atom stereocenters. The van der Waals surface area contributed by atoms with Crippen LogP contribution in [0, 0.1) is 5.41 Å². The molecule has 82 valence electrons. The SMILES string of the molecule is CC(C)(C)N1CCC2(CCCNC2)C1. The summed E-state index contributed by atoms with van der Waals surface area (Å²) in [7, 11) is 0. The molecule has 2 heterocycles. The number of likely N-dealkylation sites (tertiary alicyclic amines) is 1. The molecule has 1 unspecified atom stereocenters. The Morgan fingerprint density at radius 1 is 1.21 bits per heavy atom. The highest BCUT2D eigenvalue weighted by Gasteiger charge is 2.41. The second kappa shape index (κ2) is 3.49. The van der Waals surface area contributed by atoms with Crippen molar-refractivity contribution in [1.29, 1.82) is 0 Å². The highest BCUT2D eigenvalue weighted by atomic mass is 15.2. The summed E-state index contributed by atoms with van der Waals surface area (Å²) < 4.78 is 0. The summed E-state index contributed by atoms with van der Waals surface area (Å²) >= 11 is 0. The minimum atomic E-state index is 0.362. The molecule has 2 nitrogen and oxygen atoms in total. The Kier molecular flexibility index (Phi) is 2.61. The number of piperidine rings is 1. The van der Waals surface area contributed by atoms with Crippen molar-refractivity contribution < 1.29 is 0 Å². The first-order valence-corrected chi connectivity index (χ1v) is 5.98. The van der Waals surface area contributed by atoms with Crippen molar-refractivity contribution in [1.82, 2.24) is 10.2 Å². The van der Waals surface area contributed by atoms with Crippen LogP contribution in [0.2, 0.25) is 0 Å². The third-order valence-corrected chi connectivity index (χ3v) is 3.95. The van der Waals surface area contributed by atoms with Gasteiger partial charge in [-0.3, -0.25) is 4.90 Å². The van der Waals surface area contributed by atoms with Gasteiger partial charge in [0.1, 0.15) is 0 Å². The lowest BCUT2D eigenvalue weighted by Gasteiger charge is -2.37. The summed E-state index contributed by atoms with van der Waals surface area (Å²) in [5.74, 6) is 0. The van der Waals surface area contributed by atoms with Crippen LogP contribution in [0.4, 0.5) is 0 Å². The van der Waals surface area contributed by atoms with E-state index in [2.05, 4.69) is 31.0 Å². The van der Waals surface area contributed by atoms with E-state index in [1.54, 1.807) is 0 Å². The van der Waals surface area contributed by atoms with Crippen LogP contribution >= 0.6 is 0 Å². The second-order valence-corrected chi connectivity index (χ2v) is 6.12. The largest absolute Gasteiger partial charge is 0.316 e. The Hall–Kier alpha value is -0.0800. The molecule has 2 rings (SSSR count). The molecule has 0 saturated carbocycles. The number of nitrogens with zero attached hydrogens (tertiary/aromatic N) is 1. The molecule has 0 radical (unpaired) electrons. The van der Waals surface area contributed by atoms with Crippen molar-refractivity contribution in [3.05, 3.63) is 0 Å². The lowest BCUT2D eigenvalue weighted by atomic mass is 9.80. The predicted octanol–water partition coefficient (Wildman–Crippen LogP) is 1.86. The molecule has 0 amide bonds. The topological polar surface area (TPSA) is 15.3 Å². The van der Waals surface area contributed by atoms with Gasteiger partial charge in [-0.2, -0.15) is 0 Å². The number of hydrogen-bond donors (Lipinski definition) is 1. The van der Waals surface area contributed by atoms with E-state index in [1.165, 1.54) is 45.4 Å². The van der Waals surface area contributed by atoms with E-state index >= 15 is 0 Å². The number of nitrogens with one attached hydrogen (secondary N) is 1. The minimum absolute atomic E-state index is 0.362. The van der Waals surface area contributed by atoms with E-state index in [-0.39, 0.29) is 0 Å². The van der Waals surface area contributed by atoms with Gasteiger partial charge in [-0.15, -0.1) is 0 Å². The van der Waals surface area contributed by atoms with Crippen LogP contribution in [0.25, 0.3) is 0 Å². The smallest absolute Gasteiger partial charge is 0.0125 e. The lowest BCUT2D eigenvalue weighted by Crippen LogP contribution is -2.45. The molecule has 0 aromatic rings. The maximum Gasteiger partial charge on any atom is 0.0125 e. The first-order valence-electron chi connectivity index (χ1n) is 5.98. The van der Waals surface area contributed by atoms with Gasteiger partial charge in [-0.1, -0.05) is 0 Å². The van der Waals surface area contributed by atoms with E-state index in [0.717, 1.165) is 0 Å². The van der Waals surface area contributed by atoms with Crippen molar-refractivity contribution in [2.75, 3.05) is 26.2 Å². The van der Waals surface area contributed by atoms with Gasteiger partial charge in [0, 0.05) is 18.6 Å². The van der Waals surface area contributed by atoms with Crippen molar-refractivity contribution in [2.45, 2.75) is 45.6 Å². The van der Waals surface area contributed by atoms with Gasteiger partial charge in [0.15, 0.2) is 0 Å². The maximum atomic E-state index is 3.56. The number of hydrogen-bond acceptors (Lipinski definition) is 2. The van der Waals surface area contributed by atoms with Crippen molar-refractivity contribution >= 4 is 0 Å². The van der Waals surface area contributed by atoms with Gasteiger partial charge in [0.2, 0.25) is 0 Å². The molecule has 0 aromatic heterocycles. The molecule has 2 aliphatic heterocycles. The maximum absolute atomic E-state index is 3.56. The summed E-state index contributed by atoms with van der Waals surface area (Å²) in [5.41, 5.74) is 0.979. The molecule has 14 heavy (non-hydrogen) atoms. The fourth-order valence-electron chi connectivity index (χ4n) is 2.89. The summed E-state index contributed by atoms with van der Waals surface area (Å²) in [4.78, 5) is 2.65. The molecule has 0 aromatic carbocycles. The van der Waals surface area contributed by atoms with Crippen LogP contribution < -0.4 is 5.32 Å². The zero-order valence-electron chi connectivity index (χ0n) is 9.90. The summed E-state index contributed by atoms with van der Waals surface area (Å²) in [6, 6.07) is 0. The van der Waals surface area contributed by atoms with Crippen molar-refractivity contribution in [2.24, 2.45) is 5.41 Å². The molecule has 2 aliphatic rings. The second-order valence-electron chi connectivity index (χ2n) is 6.12. The number of rotatable bonds is 0. The van der Waals surface area contributed by atoms with Crippen LogP contribution in [-0.2, 0) is 0 Å². The zero-order chi connectivity index (χ0) is 10.2. The van der Waals surface area contributed by atoms with Crippen LogP contribution in [-0.4, -0.2) is 36.6 Å². The van der Waals surface area contributed by atoms with E-state index in [9.17, 15) is 0 Å². The molecular weight excluding hydrogens is 172 g/mol. The van der Waals surface area contributed by atoms with Crippen LogP contribution in [0.1, 0.15) is 40.0 Å². The molecular formula is C12H24N2. The quantitative estimate of drug-likeness (QED) is 0.636. The molecule has 2 fully saturated rings. The molecule has 0 aliphatic carbocycles. The predicted molar refractivity (Wildman–Crippen MR) is 60.5 cm³/mol. The summed E-state index contributed by atoms with van der Waals surface area (Å²) in [6.45, 7) is 12.1. The Labute approximate surface area is 88.1 Å². The Balaban J connectivity index is 1.99. The highest BCUT2D eigenvalue weighted by Crippen LogP contribution is 2.38. The average Bonchev–Trinajstić information content (AvgIpc) is 2.50. The van der Waals surface area contributed by atoms with Gasteiger partial charge in [-0.05, 0) is 58.5 Å². The average molecular weight is 196 g/mol. The molecule has 2 heteroatoms. The fourth-order valence-corrected chi connectivity index (χ4v) is 2.89. The van der Waals surface area contributed by atoms with E-state index in [0.29, 0.717) is 11.0 Å². The van der Waals surface area contributed by atoms with Crippen LogP contribution in [0.3, 0.4) is 0 Å². The van der Waals surface area contributed by atoms with E-state index < -0.39 is 0 Å². The fraction of sp³-hybridized carbons (Fsp3) is 1.00. The first kappa shape index (κ1) is 10.4. The molecule has 0 bridgehead atoms. The van der Waals surface area contributed by atoms with E-state index in [1.807, 2.05) is 0 Å². The van der Waals surface area contributed by atoms with Gasteiger partial charge in [0.05, 0.1) is 0 Å². The third-order valence-electron chi connectivity index (χ3n) is 3.95. The van der Waals surface area contributed by atoms with Gasteiger partial charge < -0.3 is 5.32 Å². The van der Waals surface area contributed by atoms with Crippen LogP contribution in [0.15, 0.2) is 0 Å². The first-order chi connectivity index (χ1) is 6.52. The van der Waals surface area contributed by atoms with Crippen molar-refractivity contribution in [3.63, 3.8) is 0 Å². The van der Waals surface area contributed by atoms with Gasteiger partial charge >= 0.3 is 0 Å². The normalized spacial score (nSPS) is 35.4. The van der Waals surface area contributed by atoms with Crippen molar-refractivity contribution in [3.8, 4) is 0 Å². The molecule has 2 saturated heterocycles. The van der Waals surface area contributed by atoms with Crippen LogP contribution in [0.5, 0.6) is 0 Å². The highest BCUT2D eigenvalue weighted by molar-refractivity contribution is 4.96. The summed E-state index contributed by atoms with van der Waals surface area (Å²) in [6.07, 6.45) is 4.21. The monoisotopic (exact) mass is 196 g/mol. The summed E-state index contributed by atoms with van der Waals surface area (Å²) in [5, 5.41) is 3.56. The van der Waals surface area contributed by atoms with Gasteiger partial charge in [0.25, 0.3) is 0 Å².